The molecule has 0 saturated heterocycles. The number of rotatable bonds is 5. The van der Waals surface area contributed by atoms with E-state index in [4.69, 9.17) is 14.2 Å². The molecular weight excluding hydrogens is 354 g/mol. The van der Waals surface area contributed by atoms with Crippen molar-refractivity contribution in [1.29, 1.82) is 0 Å². The third-order valence-electron chi connectivity index (χ3n) is 4.83. The molecule has 28 heavy (non-hydrogen) atoms. The quantitative estimate of drug-likeness (QED) is 0.684. The van der Waals surface area contributed by atoms with Gasteiger partial charge in [-0.25, -0.2) is 0 Å². The van der Waals surface area contributed by atoms with Crippen LogP contribution >= 0.6 is 0 Å². The fourth-order valence-corrected chi connectivity index (χ4v) is 3.50. The molecule has 1 amide bonds. The Morgan fingerprint density at radius 2 is 1.57 bits per heavy atom. The predicted octanol–water partition coefficient (Wildman–Crippen LogP) is 4.97. The molecule has 0 saturated carbocycles. The van der Waals surface area contributed by atoms with E-state index in [9.17, 15) is 4.79 Å². The van der Waals surface area contributed by atoms with Gasteiger partial charge in [0.05, 0.1) is 14.2 Å². The molecule has 0 radical (unpaired) electrons. The lowest BCUT2D eigenvalue weighted by atomic mass is 9.84. The number of nitrogens with one attached hydrogen (secondary N) is 1. The van der Waals surface area contributed by atoms with Crippen molar-refractivity contribution in [2.45, 2.75) is 12.3 Å². The van der Waals surface area contributed by atoms with E-state index in [2.05, 4.69) is 5.32 Å². The van der Waals surface area contributed by atoms with Crippen LogP contribution in [0.1, 0.15) is 23.5 Å². The van der Waals surface area contributed by atoms with Crippen LogP contribution in [-0.2, 0) is 4.79 Å². The average Bonchev–Trinajstić information content (AvgIpc) is 2.73. The summed E-state index contributed by atoms with van der Waals surface area (Å²) in [5, 5.41) is 2.93. The van der Waals surface area contributed by atoms with Gasteiger partial charge in [-0.1, -0.05) is 30.3 Å². The summed E-state index contributed by atoms with van der Waals surface area (Å²) in [4.78, 5) is 12.3. The summed E-state index contributed by atoms with van der Waals surface area (Å²) in [6.45, 7) is 0. The Morgan fingerprint density at radius 3 is 2.32 bits per heavy atom. The second-order valence-electron chi connectivity index (χ2n) is 6.59. The lowest BCUT2D eigenvalue weighted by Crippen LogP contribution is -2.23. The summed E-state index contributed by atoms with van der Waals surface area (Å²) >= 11 is 0. The number of carbonyl (C=O) groups excluding carboxylic acids is 1. The molecule has 3 aromatic carbocycles. The molecule has 1 aliphatic heterocycles. The topological polar surface area (TPSA) is 56.8 Å². The molecule has 1 heterocycles. The summed E-state index contributed by atoms with van der Waals surface area (Å²) in [5.74, 6) is 2.61. The van der Waals surface area contributed by atoms with Crippen LogP contribution in [-0.4, -0.2) is 20.1 Å². The number of amides is 1. The lowest BCUT2D eigenvalue weighted by molar-refractivity contribution is -0.116. The first kappa shape index (κ1) is 17.9. The molecule has 0 fully saturated rings. The second-order valence-corrected chi connectivity index (χ2v) is 6.59. The highest BCUT2D eigenvalue weighted by Gasteiger charge is 2.28. The Hall–Kier alpha value is -3.47. The zero-order valence-electron chi connectivity index (χ0n) is 15.8. The fraction of sp³-hybridized carbons (Fsp3) is 0.174. The third-order valence-corrected chi connectivity index (χ3v) is 4.83. The Kier molecular flexibility index (Phi) is 4.89. The number of para-hydroxylation sites is 1. The maximum Gasteiger partial charge on any atom is 0.225 e. The van der Waals surface area contributed by atoms with Crippen molar-refractivity contribution in [2.24, 2.45) is 0 Å². The van der Waals surface area contributed by atoms with Gasteiger partial charge in [0.15, 0.2) is 11.5 Å². The Balaban J connectivity index is 1.72. The molecule has 0 aliphatic carbocycles. The molecule has 0 spiro atoms. The first-order valence-corrected chi connectivity index (χ1v) is 9.06. The average molecular weight is 375 g/mol. The van der Waals surface area contributed by atoms with Crippen LogP contribution in [0.25, 0.3) is 0 Å². The normalized spacial score (nSPS) is 15.4. The van der Waals surface area contributed by atoms with Crippen molar-refractivity contribution in [1.82, 2.24) is 0 Å². The van der Waals surface area contributed by atoms with E-state index in [0.29, 0.717) is 17.9 Å². The van der Waals surface area contributed by atoms with Gasteiger partial charge in [0, 0.05) is 24.1 Å². The summed E-state index contributed by atoms with van der Waals surface area (Å²) < 4.78 is 16.8. The zero-order chi connectivity index (χ0) is 19.5. The van der Waals surface area contributed by atoms with Gasteiger partial charge in [-0.2, -0.15) is 0 Å². The number of anilines is 1. The molecule has 1 aliphatic rings. The highest BCUT2D eigenvalue weighted by Crippen LogP contribution is 2.43. The smallest absolute Gasteiger partial charge is 0.225 e. The van der Waals surface area contributed by atoms with E-state index in [1.165, 1.54) is 0 Å². The van der Waals surface area contributed by atoms with Gasteiger partial charge in [0.25, 0.3) is 0 Å². The van der Waals surface area contributed by atoms with Crippen LogP contribution in [0.2, 0.25) is 0 Å². The van der Waals surface area contributed by atoms with Gasteiger partial charge in [-0.3, -0.25) is 4.79 Å². The minimum absolute atomic E-state index is 0.0286. The SMILES string of the molecule is COc1cc2c(cc1OC)[C@H](c1cccc(Oc3ccccc3)c1)CC(=O)N2. The van der Waals surface area contributed by atoms with Crippen molar-refractivity contribution < 1.29 is 19.0 Å². The highest BCUT2D eigenvalue weighted by molar-refractivity contribution is 5.96. The van der Waals surface area contributed by atoms with Crippen LogP contribution in [0.15, 0.2) is 66.7 Å². The van der Waals surface area contributed by atoms with Crippen molar-refractivity contribution in [2.75, 3.05) is 19.5 Å². The lowest BCUT2D eigenvalue weighted by Gasteiger charge is -2.27. The molecule has 0 aromatic heterocycles. The minimum atomic E-state index is -0.0946. The Labute approximate surface area is 163 Å². The highest BCUT2D eigenvalue weighted by atomic mass is 16.5. The molecular formula is C23H21NO4. The molecule has 0 unspecified atom stereocenters. The predicted molar refractivity (Wildman–Crippen MR) is 108 cm³/mol. The number of fused-ring (bicyclic) bond motifs is 1. The van der Waals surface area contributed by atoms with E-state index in [1.807, 2.05) is 66.7 Å². The monoisotopic (exact) mass is 375 g/mol. The van der Waals surface area contributed by atoms with E-state index in [0.717, 1.165) is 28.3 Å². The standard InChI is InChI=1S/C23H21NO4/c1-26-21-12-19-18(13-23(25)24-20(19)14-22(21)27-2)15-7-6-10-17(11-15)28-16-8-4-3-5-9-16/h3-12,14,18H,13H2,1-2H3,(H,24,25)/t18-/m0/s1. The van der Waals surface area contributed by atoms with Crippen molar-refractivity contribution >= 4 is 11.6 Å². The Morgan fingerprint density at radius 1 is 0.857 bits per heavy atom. The van der Waals surface area contributed by atoms with E-state index >= 15 is 0 Å². The van der Waals surface area contributed by atoms with Crippen LogP contribution in [0.4, 0.5) is 5.69 Å². The van der Waals surface area contributed by atoms with Gasteiger partial charge in [-0.05, 0) is 41.5 Å². The van der Waals surface area contributed by atoms with E-state index < -0.39 is 0 Å². The summed E-state index contributed by atoms with van der Waals surface area (Å²) in [6, 6.07) is 21.2. The first-order valence-electron chi connectivity index (χ1n) is 9.06. The largest absolute Gasteiger partial charge is 0.493 e. The van der Waals surface area contributed by atoms with Crippen LogP contribution in [0, 0.1) is 0 Å². The summed E-state index contributed by atoms with van der Waals surface area (Å²) in [6.07, 6.45) is 0.358. The summed E-state index contributed by atoms with van der Waals surface area (Å²) in [7, 11) is 3.19. The number of carbonyl (C=O) groups is 1. The van der Waals surface area contributed by atoms with E-state index in [-0.39, 0.29) is 11.8 Å². The van der Waals surface area contributed by atoms with Gasteiger partial charge in [-0.15, -0.1) is 0 Å². The van der Waals surface area contributed by atoms with Gasteiger partial charge < -0.3 is 19.5 Å². The molecule has 1 N–H and O–H groups in total. The fourth-order valence-electron chi connectivity index (χ4n) is 3.50. The molecule has 142 valence electrons. The van der Waals surface area contributed by atoms with Gasteiger partial charge in [0.2, 0.25) is 5.91 Å². The summed E-state index contributed by atoms with van der Waals surface area (Å²) in [5.41, 5.74) is 2.75. The maximum atomic E-state index is 12.3. The third kappa shape index (κ3) is 3.51. The Bertz CT molecular complexity index is 1000. The minimum Gasteiger partial charge on any atom is -0.493 e. The maximum absolute atomic E-state index is 12.3. The number of ether oxygens (including phenoxy) is 3. The molecule has 5 nitrogen and oxygen atoms in total. The number of methoxy groups -OCH3 is 2. The van der Waals surface area contributed by atoms with Crippen molar-refractivity contribution in [3.63, 3.8) is 0 Å². The second kappa shape index (κ2) is 7.64. The van der Waals surface area contributed by atoms with Crippen LogP contribution < -0.4 is 19.5 Å². The van der Waals surface area contributed by atoms with Crippen molar-refractivity contribution in [3.8, 4) is 23.0 Å². The number of benzene rings is 3. The molecule has 4 rings (SSSR count). The van der Waals surface area contributed by atoms with Gasteiger partial charge >= 0.3 is 0 Å². The first-order chi connectivity index (χ1) is 13.7. The zero-order valence-corrected chi connectivity index (χ0v) is 15.8. The van der Waals surface area contributed by atoms with Crippen LogP contribution in [0.3, 0.4) is 0 Å². The van der Waals surface area contributed by atoms with Crippen molar-refractivity contribution in [3.05, 3.63) is 77.9 Å². The van der Waals surface area contributed by atoms with Crippen LogP contribution in [0.5, 0.6) is 23.0 Å². The molecule has 0 bridgehead atoms. The number of hydrogen-bond donors (Lipinski definition) is 1. The molecule has 5 heteroatoms. The molecule has 3 aromatic rings. The van der Waals surface area contributed by atoms with E-state index in [1.54, 1.807) is 14.2 Å². The number of hydrogen-bond acceptors (Lipinski definition) is 4. The molecule has 1 atom stereocenters. The van der Waals surface area contributed by atoms with Gasteiger partial charge in [0.1, 0.15) is 11.5 Å².